The third kappa shape index (κ3) is 4.40. The number of rotatable bonds is 9. The smallest absolute Gasteiger partial charge is 0.407 e. The van der Waals surface area contributed by atoms with Gasteiger partial charge >= 0.3 is 12.1 Å². The highest BCUT2D eigenvalue weighted by atomic mass is 16.5. The summed E-state index contributed by atoms with van der Waals surface area (Å²) >= 11 is 0. The van der Waals surface area contributed by atoms with Crippen molar-refractivity contribution in [3.05, 3.63) is 36.6 Å². The summed E-state index contributed by atoms with van der Waals surface area (Å²) in [6.07, 6.45) is 2.05. The van der Waals surface area contributed by atoms with E-state index in [-0.39, 0.29) is 62.2 Å². The van der Waals surface area contributed by atoms with E-state index in [0.717, 1.165) is 0 Å². The zero-order valence-corrected chi connectivity index (χ0v) is 18.1. The van der Waals surface area contributed by atoms with Crippen LogP contribution in [0.25, 0.3) is 0 Å². The molecule has 3 rings (SSSR count). The van der Waals surface area contributed by atoms with Crippen molar-refractivity contribution in [1.29, 1.82) is 0 Å². The predicted octanol–water partition coefficient (Wildman–Crippen LogP) is 0.342. The van der Waals surface area contributed by atoms with Gasteiger partial charge in [-0.3, -0.25) is 9.59 Å². The van der Waals surface area contributed by atoms with Crippen LogP contribution in [0.4, 0.5) is 4.79 Å². The van der Waals surface area contributed by atoms with Crippen LogP contribution in [0.2, 0.25) is 0 Å². The van der Waals surface area contributed by atoms with Gasteiger partial charge in [-0.25, -0.2) is 9.59 Å². The summed E-state index contributed by atoms with van der Waals surface area (Å²) < 4.78 is 10.00. The van der Waals surface area contributed by atoms with Gasteiger partial charge in [0.15, 0.2) is 0 Å². The van der Waals surface area contributed by atoms with Gasteiger partial charge in [0.2, 0.25) is 11.8 Å². The second-order valence-corrected chi connectivity index (χ2v) is 8.00. The van der Waals surface area contributed by atoms with Gasteiger partial charge in [-0.1, -0.05) is 25.3 Å². The molecule has 0 aromatic heterocycles. The average molecular weight is 447 g/mol. The number of nitrogens with zero attached hydrogens (tertiary/aromatic N) is 2. The largest absolute Gasteiger partial charge is 0.457 e. The zero-order chi connectivity index (χ0) is 23.4. The molecule has 0 aromatic carbocycles. The van der Waals surface area contributed by atoms with E-state index in [1.54, 1.807) is 11.8 Å². The molecule has 10 heteroatoms. The first-order valence-electron chi connectivity index (χ1n) is 10.6. The number of piperidine rings is 1. The Morgan fingerprint density at radius 1 is 1.25 bits per heavy atom. The van der Waals surface area contributed by atoms with Crippen LogP contribution in [0.15, 0.2) is 36.6 Å². The molecule has 0 spiro atoms. The van der Waals surface area contributed by atoms with E-state index < -0.39 is 24.1 Å². The molecule has 2 fully saturated rings. The van der Waals surface area contributed by atoms with Gasteiger partial charge in [0.1, 0.15) is 18.9 Å². The molecule has 10 nitrogen and oxygen atoms in total. The molecule has 3 heterocycles. The quantitative estimate of drug-likeness (QED) is 0.297. The van der Waals surface area contributed by atoms with Crippen LogP contribution in [0.3, 0.4) is 0 Å². The molecular weight excluding hydrogens is 418 g/mol. The molecule has 0 saturated carbocycles. The number of carbonyl (C=O) groups excluding carboxylic acids is 4. The SMILES string of the molecule is C=CCOC(=O)NCCC(=O)N1CC[C@H]2C(=C(C(=O)OCC=C)N3C(=O)[C@H]([C@@H](C)O)[C@@H]23)C1. The van der Waals surface area contributed by atoms with Crippen LogP contribution >= 0.6 is 0 Å². The molecule has 3 aliphatic heterocycles. The number of amides is 3. The normalized spacial score (nSPS) is 24.7. The van der Waals surface area contributed by atoms with Crippen molar-refractivity contribution < 1.29 is 33.8 Å². The minimum absolute atomic E-state index is 0.00305. The van der Waals surface area contributed by atoms with Gasteiger partial charge < -0.3 is 29.7 Å². The topological polar surface area (TPSA) is 125 Å². The third-order valence-corrected chi connectivity index (χ3v) is 6.00. The van der Waals surface area contributed by atoms with E-state index in [1.807, 2.05) is 0 Å². The van der Waals surface area contributed by atoms with E-state index in [2.05, 4.69) is 18.5 Å². The average Bonchev–Trinajstić information content (AvgIpc) is 3.05. The first-order chi connectivity index (χ1) is 15.3. The zero-order valence-electron chi connectivity index (χ0n) is 18.1. The maximum Gasteiger partial charge on any atom is 0.407 e. The van der Waals surface area contributed by atoms with Crippen LogP contribution in [0.1, 0.15) is 19.8 Å². The molecule has 0 aliphatic carbocycles. The first-order valence-corrected chi connectivity index (χ1v) is 10.6. The van der Waals surface area contributed by atoms with E-state index in [4.69, 9.17) is 9.47 Å². The molecule has 0 radical (unpaired) electrons. The van der Waals surface area contributed by atoms with Crippen molar-refractivity contribution in [3.63, 3.8) is 0 Å². The number of aliphatic hydroxyl groups excluding tert-OH is 1. The lowest BCUT2D eigenvalue weighted by molar-refractivity contribution is -0.164. The molecule has 2 N–H and O–H groups in total. The minimum Gasteiger partial charge on any atom is -0.457 e. The molecule has 3 amide bonds. The second kappa shape index (κ2) is 9.99. The summed E-state index contributed by atoms with van der Waals surface area (Å²) in [6.45, 7) is 9.38. The Morgan fingerprint density at radius 2 is 1.94 bits per heavy atom. The lowest BCUT2D eigenvalue weighted by atomic mass is 9.74. The number of β-lactam (4-membered cyclic amide) rings is 1. The molecule has 4 atom stereocenters. The van der Waals surface area contributed by atoms with E-state index in [0.29, 0.717) is 18.5 Å². The Balaban J connectivity index is 1.70. The summed E-state index contributed by atoms with van der Waals surface area (Å²) in [5, 5.41) is 12.6. The van der Waals surface area contributed by atoms with Crippen LogP contribution < -0.4 is 5.32 Å². The first kappa shape index (κ1) is 23.5. The minimum atomic E-state index is -0.833. The van der Waals surface area contributed by atoms with Crippen molar-refractivity contribution in [2.45, 2.75) is 31.9 Å². The lowest BCUT2D eigenvalue weighted by Crippen LogP contribution is -2.64. The number of esters is 1. The number of alkyl carbamates (subject to hydrolysis) is 1. The van der Waals surface area contributed by atoms with Crippen LogP contribution in [0, 0.1) is 11.8 Å². The Hall–Kier alpha value is -3.14. The standard InChI is InChI=1S/C22H29N3O7/c1-4-10-31-21(29)19-15-12-24(16(27)6-8-23-22(30)32-11-5-2)9-7-14(15)18-17(13(3)26)20(28)25(18)19/h4-5,13-14,17-18,26H,1-2,6-12H2,3H3,(H,23,30)/t13-,14+,17-,18-/m1/s1. The van der Waals surface area contributed by atoms with Crippen LogP contribution in [-0.2, 0) is 23.9 Å². The van der Waals surface area contributed by atoms with Crippen molar-refractivity contribution >= 4 is 23.9 Å². The van der Waals surface area contributed by atoms with Gasteiger partial charge in [-0.05, 0) is 18.9 Å². The summed E-state index contributed by atoms with van der Waals surface area (Å²) in [4.78, 5) is 52.6. The summed E-state index contributed by atoms with van der Waals surface area (Å²) in [6, 6.07) is -0.303. The van der Waals surface area contributed by atoms with Gasteiger partial charge in [0, 0.05) is 32.0 Å². The molecular formula is C22H29N3O7. The lowest BCUT2D eigenvalue weighted by Gasteiger charge is -2.48. The second-order valence-electron chi connectivity index (χ2n) is 8.00. The van der Waals surface area contributed by atoms with Crippen molar-refractivity contribution in [3.8, 4) is 0 Å². The Morgan fingerprint density at radius 3 is 2.59 bits per heavy atom. The summed E-state index contributed by atoms with van der Waals surface area (Å²) in [5.41, 5.74) is 0.853. The molecule has 2 saturated heterocycles. The van der Waals surface area contributed by atoms with Gasteiger partial charge in [0.05, 0.1) is 18.1 Å². The van der Waals surface area contributed by atoms with Crippen molar-refractivity contribution in [2.75, 3.05) is 32.8 Å². The van der Waals surface area contributed by atoms with Gasteiger partial charge in [0.25, 0.3) is 0 Å². The van der Waals surface area contributed by atoms with Gasteiger partial charge in [-0.2, -0.15) is 0 Å². The molecule has 0 unspecified atom stereocenters. The molecule has 0 aromatic rings. The monoisotopic (exact) mass is 447 g/mol. The summed E-state index contributed by atoms with van der Waals surface area (Å²) in [5.74, 6) is -1.82. The van der Waals surface area contributed by atoms with E-state index in [1.165, 1.54) is 17.1 Å². The number of carbonyl (C=O) groups is 4. The van der Waals surface area contributed by atoms with E-state index in [9.17, 15) is 24.3 Å². The van der Waals surface area contributed by atoms with Crippen LogP contribution in [-0.4, -0.2) is 83.8 Å². The number of hydrogen-bond donors (Lipinski definition) is 2. The predicted molar refractivity (Wildman–Crippen MR) is 113 cm³/mol. The number of nitrogens with one attached hydrogen (secondary N) is 1. The van der Waals surface area contributed by atoms with Crippen molar-refractivity contribution in [2.24, 2.45) is 11.8 Å². The highest BCUT2D eigenvalue weighted by Gasteiger charge is 2.61. The number of aliphatic hydroxyl groups is 1. The van der Waals surface area contributed by atoms with Gasteiger partial charge in [-0.15, -0.1) is 0 Å². The van der Waals surface area contributed by atoms with Crippen LogP contribution in [0.5, 0.6) is 0 Å². The van der Waals surface area contributed by atoms with Crippen molar-refractivity contribution in [1.82, 2.24) is 15.1 Å². The molecule has 3 aliphatic rings. The highest BCUT2D eigenvalue weighted by Crippen LogP contribution is 2.50. The third-order valence-electron chi connectivity index (χ3n) is 6.00. The number of ether oxygens (including phenoxy) is 2. The highest BCUT2D eigenvalue weighted by molar-refractivity contribution is 6.01. The fourth-order valence-corrected chi connectivity index (χ4v) is 4.63. The number of fused-ring (bicyclic) bond motifs is 3. The Bertz CT molecular complexity index is 850. The number of likely N-dealkylation sites (tertiary alicyclic amines) is 1. The maximum absolute atomic E-state index is 12.7. The number of hydrogen-bond acceptors (Lipinski definition) is 7. The summed E-state index contributed by atoms with van der Waals surface area (Å²) in [7, 11) is 0. The molecule has 32 heavy (non-hydrogen) atoms. The Labute approximate surface area is 186 Å². The fourth-order valence-electron chi connectivity index (χ4n) is 4.63. The molecule has 174 valence electrons. The molecule has 0 bridgehead atoms. The maximum atomic E-state index is 12.7. The van der Waals surface area contributed by atoms with E-state index >= 15 is 0 Å². The fraction of sp³-hybridized carbons (Fsp3) is 0.545. The Kier molecular flexibility index (Phi) is 7.34.